The summed E-state index contributed by atoms with van der Waals surface area (Å²) >= 11 is 0. The number of urea groups is 1. The molecule has 1 saturated heterocycles. The summed E-state index contributed by atoms with van der Waals surface area (Å²) < 4.78 is 31.6. The Morgan fingerprint density at radius 2 is 1.89 bits per heavy atom. The van der Waals surface area contributed by atoms with E-state index in [2.05, 4.69) is 5.32 Å². The Morgan fingerprint density at radius 1 is 1.15 bits per heavy atom. The van der Waals surface area contributed by atoms with Crippen molar-refractivity contribution >= 4 is 17.6 Å². The maximum atomic E-state index is 13.6. The van der Waals surface area contributed by atoms with E-state index in [0.717, 1.165) is 17.8 Å². The Balaban J connectivity index is 1.54. The van der Waals surface area contributed by atoms with E-state index in [1.54, 1.807) is 36.3 Å². The molecule has 2 aromatic carbocycles. The van der Waals surface area contributed by atoms with E-state index in [1.165, 1.54) is 11.0 Å². The van der Waals surface area contributed by atoms with Crippen LogP contribution in [-0.2, 0) is 11.3 Å². The second-order valence-electron chi connectivity index (χ2n) is 6.07. The van der Waals surface area contributed by atoms with Gasteiger partial charge in [0.25, 0.3) is 0 Å². The Labute approximate surface area is 155 Å². The second-order valence-corrected chi connectivity index (χ2v) is 6.07. The highest BCUT2D eigenvalue weighted by molar-refractivity contribution is 5.96. The molecule has 8 heteroatoms. The van der Waals surface area contributed by atoms with Crippen molar-refractivity contribution in [1.82, 2.24) is 10.2 Å². The lowest BCUT2D eigenvalue weighted by atomic mass is 10.2. The van der Waals surface area contributed by atoms with Crippen LogP contribution in [0, 0.1) is 11.6 Å². The smallest absolute Gasteiger partial charge is 0.325 e. The molecule has 3 rings (SSSR count). The lowest BCUT2D eigenvalue weighted by Crippen LogP contribution is -2.39. The Bertz CT molecular complexity index is 843. The van der Waals surface area contributed by atoms with Crippen molar-refractivity contribution in [3.05, 3.63) is 59.7 Å². The Morgan fingerprint density at radius 3 is 2.56 bits per heavy atom. The molecule has 1 fully saturated rings. The molecule has 1 N–H and O–H groups in total. The minimum atomic E-state index is -0.724. The van der Waals surface area contributed by atoms with Gasteiger partial charge in [-0.2, -0.15) is 0 Å². The normalized spacial score (nSPS) is 13.8. The summed E-state index contributed by atoms with van der Waals surface area (Å²) in [7, 11) is 1.56. The topological polar surface area (TPSA) is 61.9 Å². The van der Waals surface area contributed by atoms with Crippen LogP contribution in [0.2, 0.25) is 0 Å². The summed E-state index contributed by atoms with van der Waals surface area (Å²) in [5.74, 6) is -1.12. The van der Waals surface area contributed by atoms with Crippen LogP contribution in [0.15, 0.2) is 42.5 Å². The Kier molecular flexibility index (Phi) is 5.54. The molecule has 142 valence electrons. The van der Waals surface area contributed by atoms with Crippen LogP contribution >= 0.6 is 0 Å². The third-order valence-electron chi connectivity index (χ3n) is 4.30. The number of hydrogen-bond donors (Lipinski definition) is 1. The molecule has 0 saturated carbocycles. The molecule has 3 amide bonds. The Hall–Kier alpha value is -3.16. The van der Waals surface area contributed by atoms with Crippen molar-refractivity contribution in [2.45, 2.75) is 6.54 Å². The van der Waals surface area contributed by atoms with Crippen molar-refractivity contribution in [3.63, 3.8) is 0 Å². The second kappa shape index (κ2) is 8.03. The molecule has 0 spiro atoms. The summed E-state index contributed by atoms with van der Waals surface area (Å²) in [6.07, 6.45) is 0. The first-order chi connectivity index (χ1) is 13.0. The fourth-order valence-corrected chi connectivity index (χ4v) is 2.82. The first kappa shape index (κ1) is 18.6. The van der Waals surface area contributed by atoms with Gasteiger partial charge in [0.15, 0.2) is 0 Å². The van der Waals surface area contributed by atoms with Crippen molar-refractivity contribution in [3.8, 4) is 5.75 Å². The van der Waals surface area contributed by atoms with Crippen LogP contribution in [-0.4, -0.2) is 43.6 Å². The predicted molar refractivity (Wildman–Crippen MR) is 95.5 cm³/mol. The van der Waals surface area contributed by atoms with Crippen LogP contribution in [0.3, 0.4) is 0 Å². The predicted octanol–water partition coefficient (Wildman–Crippen LogP) is 2.53. The fourth-order valence-electron chi connectivity index (χ4n) is 2.82. The average molecular weight is 375 g/mol. The molecule has 2 aromatic rings. The number of carbonyl (C=O) groups is 2. The van der Waals surface area contributed by atoms with E-state index in [-0.39, 0.29) is 24.7 Å². The van der Waals surface area contributed by atoms with Gasteiger partial charge in [-0.1, -0.05) is 6.07 Å². The monoisotopic (exact) mass is 375 g/mol. The number of anilines is 1. The number of nitrogens with one attached hydrogen (secondary N) is 1. The van der Waals surface area contributed by atoms with E-state index in [0.29, 0.717) is 18.8 Å². The standard InChI is InChI=1S/C19H19F2N3O3/c1-27-16-6-4-15(5-7-16)24-9-8-23(19(24)26)12-18(25)22-11-13-2-3-14(20)10-17(13)21/h2-7,10H,8-9,11-12H2,1H3,(H,22,25). The number of nitrogens with zero attached hydrogens (tertiary/aromatic N) is 2. The highest BCUT2D eigenvalue weighted by atomic mass is 19.1. The SMILES string of the molecule is COc1ccc(N2CCN(CC(=O)NCc3ccc(F)cc3F)C2=O)cc1. The number of carbonyl (C=O) groups excluding carboxylic acids is 2. The molecule has 0 atom stereocenters. The molecular weight excluding hydrogens is 356 g/mol. The van der Waals surface area contributed by atoms with E-state index in [9.17, 15) is 18.4 Å². The zero-order valence-corrected chi connectivity index (χ0v) is 14.7. The summed E-state index contributed by atoms with van der Waals surface area (Å²) in [5.41, 5.74) is 0.898. The lowest BCUT2D eigenvalue weighted by molar-refractivity contribution is -0.121. The molecule has 0 unspecified atom stereocenters. The molecule has 0 aliphatic carbocycles. The molecule has 1 aliphatic rings. The zero-order chi connectivity index (χ0) is 19.4. The molecule has 27 heavy (non-hydrogen) atoms. The van der Waals surface area contributed by atoms with Gasteiger partial charge < -0.3 is 15.0 Å². The highest BCUT2D eigenvalue weighted by Crippen LogP contribution is 2.23. The lowest BCUT2D eigenvalue weighted by Gasteiger charge is -2.18. The van der Waals surface area contributed by atoms with E-state index in [1.807, 2.05) is 0 Å². The van der Waals surface area contributed by atoms with Crippen LogP contribution in [0.5, 0.6) is 5.75 Å². The minimum Gasteiger partial charge on any atom is -0.497 e. The van der Waals surface area contributed by atoms with Crippen LogP contribution in [0.4, 0.5) is 19.3 Å². The van der Waals surface area contributed by atoms with Crippen molar-refractivity contribution in [2.75, 3.05) is 31.6 Å². The highest BCUT2D eigenvalue weighted by Gasteiger charge is 2.30. The largest absolute Gasteiger partial charge is 0.497 e. The van der Waals surface area contributed by atoms with Gasteiger partial charge in [-0.15, -0.1) is 0 Å². The zero-order valence-electron chi connectivity index (χ0n) is 14.7. The van der Waals surface area contributed by atoms with Gasteiger partial charge in [-0.3, -0.25) is 9.69 Å². The first-order valence-corrected chi connectivity index (χ1v) is 8.39. The van der Waals surface area contributed by atoms with Crippen LogP contribution in [0.1, 0.15) is 5.56 Å². The first-order valence-electron chi connectivity index (χ1n) is 8.39. The number of methoxy groups -OCH3 is 1. The third-order valence-corrected chi connectivity index (χ3v) is 4.30. The summed E-state index contributed by atoms with van der Waals surface area (Å²) in [6.45, 7) is 0.664. The van der Waals surface area contributed by atoms with Crippen molar-refractivity contribution in [1.29, 1.82) is 0 Å². The van der Waals surface area contributed by atoms with Gasteiger partial charge in [0.2, 0.25) is 5.91 Å². The van der Waals surface area contributed by atoms with E-state index in [4.69, 9.17) is 4.74 Å². The maximum absolute atomic E-state index is 13.6. The van der Waals surface area contributed by atoms with Crippen LogP contribution in [0.25, 0.3) is 0 Å². The van der Waals surface area contributed by atoms with E-state index < -0.39 is 17.5 Å². The molecule has 6 nitrogen and oxygen atoms in total. The molecule has 1 aliphatic heterocycles. The van der Waals surface area contributed by atoms with Gasteiger partial charge in [-0.25, -0.2) is 13.6 Å². The number of amides is 3. The van der Waals surface area contributed by atoms with Gasteiger partial charge in [0, 0.05) is 37.0 Å². The fraction of sp³-hybridized carbons (Fsp3) is 0.263. The number of halogens is 2. The molecule has 0 aromatic heterocycles. The number of ether oxygens (including phenoxy) is 1. The van der Waals surface area contributed by atoms with Gasteiger partial charge in [-0.05, 0) is 30.3 Å². The van der Waals surface area contributed by atoms with Gasteiger partial charge in [0.1, 0.15) is 23.9 Å². The molecular formula is C19H19F2N3O3. The quantitative estimate of drug-likeness (QED) is 0.844. The number of benzene rings is 2. The third kappa shape index (κ3) is 4.33. The average Bonchev–Trinajstić information content (AvgIpc) is 3.01. The van der Waals surface area contributed by atoms with E-state index >= 15 is 0 Å². The van der Waals surface area contributed by atoms with Gasteiger partial charge >= 0.3 is 6.03 Å². The van der Waals surface area contributed by atoms with Crippen molar-refractivity contribution < 1.29 is 23.1 Å². The summed E-state index contributed by atoms with van der Waals surface area (Å²) in [5, 5.41) is 2.55. The minimum absolute atomic E-state index is 0.0742. The van der Waals surface area contributed by atoms with Gasteiger partial charge in [0.05, 0.1) is 7.11 Å². The number of rotatable bonds is 6. The summed E-state index contributed by atoms with van der Waals surface area (Å²) in [4.78, 5) is 27.6. The molecule has 0 bridgehead atoms. The van der Waals surface area contributed by atoms with Crippen LogP contribution < -0.4 is 15.0 Å². The summed E-state index contributed by atoms with van der Waals surface area (Å²) in [6, 6.07) is 9.96. The molecule has 1 heterocycles. The maximum Gasteiger partial charge on any atom is 0.325 e. The molecule has 0 radical (unpaired) electrons. The van der Waals surface area contributed by atoms with Crippen molar-refractivity contribution in [2.24, 2.45) is 0 Å². The number of hydrogen-bond acceptors (Lipinski definition) is 3.